The lowest BCUT2D eigenvalue weighted by Gasteiger charge is -2.38. The van der Waals surface area contributed by atoms with Crippen LogP contribution < -0.4 is 5.43 Å². The maximum Gasteiger partial charge on any atom is 0.341 e. The number of halogens is 2. The number of pyridine rings is 1. The van der Waals surface area contributed by atoms with E-state index in [0.717, 1.165) is 0 Å². The first-order chi connectivity index (χ1) is 13.6. The molecule has 0 fully saturated rings. The Kier molecular flexibility index (Phi) is 4.38. The van der Waals surface area contributed by atoms with Gasteiger partial charge in [0.05, 0.1) is 23.3 Å². The number of aromatic carboxylic acids is 1. The number of carbonyl (C=O) groups is 1. The molecule has 0 spiro atoms. The molecule has 1 aliphatic rings. The Hall–Kier alpha value is -2.93. The number of hydrogen-bond donors (Lipinski definition) is 1. The number of carboxylic acid groups (broad SMARTS) is 1. The molecule has 29 heavy (non-hydrogen) atoms. The Bertz CT molecular complexity index is 1190. The molecule has 0 radical (unpaired) electrons. The van der Waals surface area contributed by atoms with Gasteiger partial charge in [0.25, 0.3) is 0 Å². The number of fused-ring (bicyclic) bond motifs is 3. The van der Waals surface area contributed by atoms with Gasteiger partial charge < -0.3 is 9.67 Å². The second-order valence-electron chi connectivity index (χ2n) is 8.23. The van der Waals surface area contributed by atoms with Gasteiger partial charge in [-0.05, 0) is 29.7 Å². The number of benzene rings is 1. The molecule has 1 N–H and O–H groups in total. The molecule has 150 valence electrons. The van der Waals surface area contributed by atoms with Gasteiger partial charge in [-0.1, -0.05) is 32.4 Å². The van der Waals surface area contributed by atoms with E-state index in [2.05, 4.69) is 5.10 Å². The maximum atomic E-state index is 13.3. The summed E-state index contributed by atoms with van der Waals surface area (Å²) in [4.78, 5) is 23.9. The lowest BCUT2D eigenvalue weighted by molar-refractivity contribution is 0.0693. The minimum absolute atomic E-state index is 0.152. The third-order valence-electron chi connectivity index (χ3n) is 5.25. The Morgan fingerprint density at radius 2 is 1.93 bits per heavy atom. The molecule has 0 saturated heterocycles. The van der Waals surface area contributed by atoms with E-state index >= 15 is 0 Å². The third-order valence-corrected chi connectivity index (χ3v) is 5.60. The number of carboxylic acids is 1. The molecule has 2 aromatic heterocycles. The number of rotatable bonds is 2. The fourth-order valence-corrected chi connectivity index (χ4v) is 4.05. The summed E-state index contributed by atoms with van der Waals surface area (Å²) < 4.78 is 16.9. The molecule has 0 saturated carbocycles. The van der Waals surface area contributed by atoms with Crippen molar-refractivity contribution in [1.29, 1.82) is 0 Å². The molecule has 1 unspecified atom stereocenters. The highest BCUT2D eigenvalue weighted by molar-refractivity contribution is 6.35. The molecule has 0 aliphatic carbocycles. The zero-order valence-corrected chi connectivity index (χ0v) is 16.9. The van der Waals surface area contributed by atoms with E-state index in [1.807, 2.05) is 25.3 Å². The van der Waals surface area contributed by atoms with Crippen molar-refractivity contribution >= 4 is 17.6 Å². The van der Waals surface area contributed by atoms with Crippen molar-refractivity contribution in [2.45, 2.75) is 33.4 Å². The van der Waals surface area contributed by atoms with Crippen LogP contribution in [0.4, 0.5) is 4.39 Å². The van der Waals surface area contributed by atoms with Crippen LogP contribution in [0.1, 0.15) is 37.2 Å². The highest BCUT2D eigenvalue weighted by Crippen LogP contribution is 2.44. The Balaban J connectivity index is 1.99. The normalized spacial score (nSPS) is 15.7. The molecule has 3 aromatic rings. The second kappa shape index (κ2) is 6.56. The van der Waals surface area contributed by atoms with Crippen LogP contribution in [0.5, 0.6) is 0 Å². The molecule has 1 aromatic carbocycles. The number of aromatic nitrogens is 3. The first-order valence-corrected chi connectivity index (χ1v) is 9.48. The van der Waals surface area contributed by atoms with Crippen molar-refractivity contribution in [3.63, 3.8) is 0 Å². The quantitative estimate of drug-likeness (QED) is 0.669. The monoisotopic (exact) mass is 415 g/mol. The summed E-state index contributed by atoms with van der Waals surface area (Å²) in [6.07, 6.45) is 1.39. The summed E-state index contributed by atoms with van der Waals surface area (Å²) in [5.41, 5.74) is 1.07. The van der Waals surface area contributed by atoms with Crippen LogP contribution in [-0.2, 0) is 6.54 Å². The average Bonchev–Trinajstić information content (AvgIpc) is 2.97. The molecular formula is C21H19ClFN3O3. The average molecular weight is 416 g/mol. The summed E-state index contributed by atoms with van der Waals surface area (Å²) in [6.45, 7) is 6.57. The zero-order chi connectivity index (χ0) is 21.1. The lowest BCUT2D eigenvalue weighted by atomic mass is 9.85. The zero-order valence-electron chi connectivity index (χ0n) is 16.1. The highest BCUT2D eigenvalue weighted by atomic mass is 35.5. The summed E-state index contributed by atoms with van der Waals surface area (Å²) >= 11 is 6.65. The van der Waals surface area contributed by atoms with Crippen LogP contribution in [0.2, 0.25) is 5.02 Å². The van der Waals surface area contributed by atoms with Gasteiger partial charge in [0.2, 0.25) is 0 Å². The smallest absolute Gasteiger partial charge is 0.341 e. The molecule has 1 aliphatic heterocycles. The van der Waals surface area contributed by atoms with Gasteiger partial charge in [-0.2, -0.15) is 5.10 Å². The molecule has 0 amide bonds. The Morgan fingerprint density at radius 3 is 2.52 bits per heavy atom. The highest BCUT2D eigenvalue weighted by Gasteiger charge is 2.36. The fourth-order valence-electron chi connectivity index (χ4n) is 3.71. The van der Waals surface area contributed by atoms with Gasteiger partial charge in [-0.3, -0.25) is 9.48 Å². The number of nitrogens with zero attached hydrogens (tertiary/aromatic N) is 3. The van der Waals surface area contributed by atoms with E-state index in [1.165, 1.54) is 24.4 Å². The van der Waals surface area contributed by atoms with E-state index in [-0.39, 0.29) is 22.8 Å². The van der Waals surface area contributed by atoms with Crippen molar-refractivity contribution in [2.75, 3.05) is 0 Å². The van der Waals surface area contributed by atoms with Gasteiger partial charge in [-0.15, -0.1) is 0 Å². The van der Waals surface area contributed by atoms with Gasteiger partial charge in [0, 0.05) is 17.8 Å². The van der Waals surface area contributed by atoms with Crippen molar-refractivity contribution in [3.05, 3.63) is 63.2 Å². The summed E-state index contributed by atoms with van der Waals surface area (Å²) in [5.74, 6) is -1.63. The molecule has 4 rings (SSSR count). The minimum Gasteiger partial charge on any atom is -0.477 e. The predicted molar refractivity (Wildman–Crippen MR) is 108 cm³/mol. The second-order valence-corrected chi connectivity index (χ2v) is 8.61. The largest absolute Gasteiger partial charge is 0.477 e. The molecule has 3 heterocycles. The first-order valence-electron chi connectivity index (χ1n) is 9.10. The van der Waals surface area contributed by atoms with Crippen molar-refractivity contribution in [1.82, 2.24) is 14.3 Å². The molecule has 0 bridgehead atoms. The molecule has 8 heteroatoms. The van der Waals surface area contributed by atoms with Crippen molar-refractivity contribution in [2.24, 2.45) is 5.41 Å². The lowest BCUT2D eigenvalue weighted by Crippen LogP contribution is -2.35. The SMILES string of the molecule is CC(C)(C)C1Cn2nc(-c3ccc(F)cc3)c(Cl)c2-c2cc(=O)c(C(=O)O)cn21. The fraction of sp³-hybridized carbons (Fsp3) is 0.286. The van der Waals surface area contributed by atoms with Crippen molar-refractivity contribution in [3.8, 4) is 22.6 Å². The molecular weight excluding hydrogens is 397 g/mol. The predicted octanol–water partition coefficient (Wildman–Crippen LogP) is 4.47. The van der Waals surface area contributed by atoms with Crippen LogP contribution in [0.15, 0.2) is 41.3 Å². The molecule has 6 nitrogen and oxygen atoms in total. The van der Waals surface area contributed by atoms with E-state index < -0.39 is 11.4 Å². The first kappa shape index (κ1) is 19.4. The van der Waals surface area contributed by atoms with Crippen LogP contribution in [0, 0.1) is 11.2 Å². The summed E-state index contributed by atoms with van der Waals surface area (Å²) in [6, 6.07) is 7.00. The van der Waals surface area contributed by atoms with Crippen LogP contribution in [0.25, 0.3) is 22.6 Å². The van der Waals surface area contributed by atoms with E-state index in [9.17, 15) is 19.1 Å². The van der Waals surface area contributed by atoms with E-state index in [4.69, 9.17) is 11.6 Å². The van der Waals surface area contributed by atoms with Gasteiger partial charge in [-0.25, -0.2) is 9.18 Å². The summed E-state index contributed by atoms with van der Waals surface area (Å²) in [5, 5.41) is 14.4. The third kappa shape index (κ3) is 3.15. The maximum absolute atomic E-state index is 13.3. The van der Waals surface area contributed by atoms with Crippen molar-refractivity contribution < 1.29 is 14.3 Å². The van der Waals surface area contributed by atoms with Gasteiger partial charge in [0.1, 0.15) is 22.8 Å². The van der Waals surface area contributed by atoms with Crippen LogP contribution in [0.3, 0.4) is 0 Å². The van der Waals surface area contributed by atoms with E-state index in [1.54, 1.807) is 16.8 Å². The topological polar surface area (TPSA) is 77.1 Å². The van der Waals surface area contributed by atoms with Gasteiger partial charge in [0.15, 0.2) is 5.43 Å². The minimum atomic E-state index is -1.27. The van der Waals surface area contributed by atoms with E-state index in [0.29, 0.717) is 34.2 Å². The molecule has 1 atom stereocenters. The standard InChI is InChI=1S/C21H19ClFN3O3/c1-21(2,3)16-10-26-19(14-8-15(27)13(20(28)29)9-25(14)16)17(22)18(24-26)11-4-6-12(23)7-5-11/h4-9,16H,10H2,1-3H3,(H,28,29). The van der Waals surface area contributed by atoms with Crippen LogP contribution >= 0.6 is 11.6 Å². The van der Waals surface area contributed by atoms with Gasteiger partial charge >= 0.3 is 5.97 Å². The number of hydrogen-bond acceptors (Lipinski definition) is 3. The van der Waals surface area contributed by atoms with Crippen LogP contribution in [-0.4, -0.2) is 25.4 Å². The Labute approximate surface area is 171 Å². The summed E-state index contributed by atoms with van der Waals surface area (Å²) in [7, 11) is 0. The Morgan fingerprint density at radius 1 is 1.28 bits per heavy atom.